The normalized spacial score (nSPS) is 10.8. The number of hydrogen-bond donors (Lipinski definition) is 0. The quantitative estimate of drug-likeness (QED) is 0.743. The van der Waals surface area contributed by atoms with Crippen LogP contribution in [0.5, 0.6) is 5.75 Å². The van der Waals surface area contributed by atoms with Crippen LogP contribution >= 0.6 is 15.9 Å². The molecule has 0 saturated carbocycles. The molecule has 1 aromatic carbocycles. The molecule has 2 aromatic heterocycles. The van der Waals surface area contributed by atoms with Gasteiger partial charge in [0.2, 0.25) is 0 Å². The predicted molar refractivity (Wildman–Crippen MR) is 76.2 cm³/mol. The molecular weight excluding hydrogens is 306 g/mol. The number of aromatic nitrogens is 3. The zero-order chi connectivity index (χ0) is 13.2. The first kappa shape index (κ1) is 12.2. The summed E-state index contributed by atoms with van der Waals surface area (Å²) in [5, 5.41) is 4.37. The second-order valence-electron chi connectivity index (χ2n) is 4.23. The molecule has 5 heteroatoms. The van der Waals surface area contributed by atoms with E-state index < -0.39 is 0 Å². The van der Waals surface area contributed by atoms with Crippen LogP contribution in [0.1, 0.15) is 11.4 Å². The van der Waals surface area contributed by atoms with Crippen molar-refractivity contribution < 1.29 is 4.74 Å². The summed E-state index contributed by atoms with van der Waals surface area (Å²) < 4.78 is 8.44. The Kier molecular flexibility index (Phi) is 3.21. The minimum Gasteiger partial charge on any atom is -0.485 e. The first-order valence-corrected chi connectivity index (χ1v) is 6.71. The van der Waals surface area contributed by atoms with Gasteiger partial charge in [-0.1, -0.05) is 18.2 Å². The van der Waals surface area contributed by atoms with Gasteiger partial charge in [0.15, 0.2) is 11.5 Å². The van der Waals surface area contributed by atoms with Crippen molar-refractivity contribution >= 4 is 21.6 Å². The molecule has 0 radical (unpaired) electrons. The number of hydrogen-bond acceptors (Lipinski definition) is 3. The lowest BCUT2D eigenvalue weighted by atomic mass is 10.2. The average molecular weight is 318 g/mol. The summed E-state index contributed by atoms with van der Waals surface area (Å²) in [7, 11) is 0. The van der Waals surface area contributed by atoms with E-state index in [-0.39, 0.29) is 0 Å². The first-order chi connectivity index (χ1) is 9.22. The van der Waals surface area contributed by atoms with Crippen molar-refractivity contribution in [3.8, 4) is 5.75 Å². The second-order valence-corrected chi connectivity index (χ2v) is 5.15. The number of halogens is 1. The Hall–Kier alpha value is -1.88. The number of pyridine rings is 1. The van der Waals surface area contributed by atoms with Crippen molar-refractivity contribution in [1.82, 2.24) is 14.6 Å². The van der Waals surface area contributed by atoms with Gasteiger partial charge in [-0.2, -0.15) is 0 Å². The molecule has 0 spiro atoms. The summed E-state index contributed by atoms with van der Waals surface area (Å²) in [4.78, 5) is 4.40. The second kappa shape index (κ2) is 5.01. The summed E-state index contributed by atoms with van der Waals surface area (Å²) in [6.45, 7) is 2.38. The zero-order valence-electron chi connectivity index (χ0n) is 10.4. The molecule has 0 N–H and O–H groups in total. The summed E-state index contributed by atoms with van der Waals surface area (Å²) in [5.41, 5.74) is 1.92. The molecule has 0 bridgehead atoms. The minimum atomic E-state index is 0.365. The van der Waals surface area contributed by atoms with E-state index in [1.165, 1.54) is 0 Å². The lowest BCUT2D eigenvalue weighted by Crippen LogP contribution is -1.99. The van der Waals surface area contributed by atoms with Crippen LogP contribution < -0.4 is 4.74 Å². The molecule has 4 nitrogen and oxygen atoms in total. The average Bonchev–Trinajstić information content (AvgIpc) is 2.79. The molecule has 0 amide bonds. The van der Waals surface area contributed by atoms with Gasteiger partial charge in [0.1, 0.15) is 12.4 Å². The Morgan fingerprint density at radius 2 is 2.05 bits per heavy atom. The summed E-state index contributed by atoms with van der Waals surface area (Å²) in [6, 6.07) is 11.8. The number of nitrogens with zero attached hydrogens (tertiary/aromatic N) is 3. The Morgan fingerprint density at radius 3 is 2.89 bits per heavy atom. The monoisotopic (exact) mass is 317 g/mol. The first-order valence-electron chi connectivity index (χ1n) is 5.91. The fourth-order valence-corrected chi connectivity index (χ4v) is 2.15. The van der Waals surface area contributed by atoms with Crippen LogP contribution in [0.15, 0.2) is 47.1 Å². The van der Waals surface area contributed by atoms with Crippen LogP contribution in [0.2, 0.25) is 0 Å². The van der Waals surface area contributed by atoms with Crippen molar-refractivity contribution in [3.05, 3.63) is 58.5 Å². The van der Waals surface area contributed by atoms with Crippen molar-refractivity contribution in [2.24, 2.45) is 0 Å². The van der Waals surface area contributed by atoms with Crippen molar-refractivity contribution in [2.75, 3.05) is 0 Å². The van der Waals surface area contributed by atoms with Gasteiger partial charge in [-0.05, 0) is 46.6 Å². The maximum atomic E-state index is 5.73. The fourth-order valence-electron chi connectivity index (χ4n) is 1.83. The molecule has 0 unspecified atom stereocenters. The molecular formula is C14H12BrN3O. The highest BCUT2D eigenvalue weighted by molar-refractivity contribution is 9.10. The fraction of sp³-hybridized carbons (Fsp3) is 0.143. The molecule has 96 valence electrons. The molecule has 3 aromatic rings. The highest BCUT2D eigenvalue weighted by Gasteiger charge is 2.05. The van der Waals surface area contributed by atoms with Gasteiger partial charge in [-0.15, -0.1) is 5.10 Å². The maximum Gasteiger partial charge on any atom is 0.189 e. The number of fused-ring (bicyclic) bond motifs is 1. The third-order valence-corrected chi connectivity index (χ3v) is 3.26. The zero-order valence-corrected chi connectivity index (χ0v) is 12.0. The lowest BCUT2D eigenvalue weighted by molar-refractivity contribution is 0.294. The van der Waals surface area contributed by atoms with E-state index in [1.54, 1.807) is 4.52 Å². The van der Waals surface area contributed by atoms with E-state index in [2.05, 4.69) is 26.0 Å². The van der Waals surface area contributed by atoms with E-state index >= 15 is 0 Å². The van der Waals surface area contributed by atoms with Gasteiger partial charge in [-0.25, -0.2) is 9.50 Å². The molecule has 0 aliphatic carbocycles. The molecule has 3 rings (SSSR count). The molecule has 0 atom stereocenters. The lowest BCUT2D eigenvalue weighted by Gasteiger charge is -2.05. The smallest absolute Gasteiger partial charge is 0.189 e. The standard InChI is InChI=1S/C14H12BrN3O/c1-10-4-2-3-5-12(10)19-9-13-16-14-7-6-11(15)8-18(14)17-13/h2-8H,9H2,1H3. The van der Waals surface area contributed by atoms with Crippen LogP contribution in [-0.2, 0) is 6.61 Å². The third kappa shape index (κ3) is 2.61. The van der Waals surface area contributed by atoms with E-state index in [0.29, 0.717) is 12.4 Å². The summed E-state index contributed by atoms with van der Waals surface area (Å²) >= 11 is 3.41. The number of para-hydroxylation sites is 1. The Labute approximate surface area is 119 Å². The maximum absolute atomic E-state index is 5.73. The highest BCUT2D eigenvalue weighted by atomic mass is 79.9. The summed E-state index contributed by atoms with van der Waals surface area (Å²) in [6.07, 6.45) is 1.87. The van der Waals surface area contributed by atoms with Crippen LogP contribution in [-0.4, -0.2) is 14.6 Å². The van der Waals surface area contributed by atoms with E-state index in [9.17, 15) is 0 Å². The third-order valence-electron chi connectivity index (χ3n) is 2.79. The van der Waals surface area contributed by atoms with Gasteiger partial charge >= 0.3 is 0 Å². The molecule has 19 heavy (non-hydrogen) atoms. The van der Waals surface area contributed by atoms with Crippen molar-refractivity contribution in [3.63, 3.8) is 0 Å². The minimum absolute atomic E-state index is 0.365. The molecule has 0 aliphatic rings. The van der Waals surface area contributed by atoms with Gasteiger partial charge in [-0.3, -0.25) is 0 Å². The number of aryl methyl sites for hydroxylation is 1. The highest BCUT2D eigenvalue weighted by Crippen LogP contribution is 2.17. The number of rotatable bonds is 3. The van der Waals surface area contributed by atoms with Gasteiger partial charge in [0.05, 0.1) is 0 Å². The Bertz CT molecular complexity index is 724. The van der Waals surface area contributed by atoms with E-state index in [4.69, 9.17) is 4.74 Å². The van der Waals surface area contributed by atoms with E-state index in [0.717, 1.165) is 21.4 Å². The van der Waals surface area contributed by atoms with Crippen LogP contribution in [0.3, 0.4) is 0 Å². The van der Waals surface area contributed by atoms with Crippen molar-refractivity contribution in [2.45, 2.75) is 13.5 Å². The van der Waals surface area contributed by atoms with Gasteiger partial charge in [0.25, 0.3) is 0 Å². The van der Waals surface area contributed by atoms with E-state index in [1.807, 2.05) is 49.5 Å². The van der Waals surface area contributed by atoms with Gasteiger partial charge < -0.3 is 4.74 Å². The number of ether oxygens (including phenoxy) is 1. The Morgan fingerprint density at radius 1 is 1.21 bits per heavy atom. The topological polar surface area (TPSA) is 39.4 Å². The van der Waals surface area contributed by atoms with Crippen LogP contribution in [0.4, 0.5) is 0 Å². The number of benzene rings is 1. The molecule has 2 heterocycles. The van der Waals surface area contributed by atoms with Gasteiger partial charge in [0, 0.05) is 10.7 Å². The molecule has 0 saturated heterocycles. The molecule has 0 fully saturated rings. The SMILES string of the molecule is Cc1ccccc1OCc1nc2ccc(Br)cn2n1. The van der Waals surface area contributed by atoms with Crippen LogP contribution in [0, 0.1) is 6.92 Å². The molecule has 0 aliphatic heterocycles. The predicted octanol–water partition coefficient (Wildman–Crippen LogP) is 3.38. The summed E-state index contributed by atoms with van der Waals surface area (Å²) in [5.74, 6) is 1.53. The largest absolute Gasteiger partial charge is 0.485 e. The Balaban J connectivity index is 1.80. The van der Waals surface area contributed by atoms with Crippen LogP contribution in [0.25, 0.3) is 5.65 Å². The van der Waals surface area contributed by atoms with Crippen molar-refractivity contribution in [1.29, 1.82) is 0 Å².